The lowest BCUT2D eigenvalue weighted by Crippen LogP contribution is -2.35. The van der Waals surface area contributed by atoms with E-state index < -0.39 is 12.7 Å². The minimum Gasteiger partial charge on any atom is -0.306 e. The first kappa shape index (κ1) is 17.7. The molecule has 0 unspecified atom stereocenters. The van der Waals surface area contributed by atoms with Crippen molar-refractivity contribution in [1.82, 2.24) is 20.0 Å². The van der Waals surface area contributed by atoms with Crippen LogP contribution in [0.15, 0.2) is 0 Å². The largest absolute Gasteiger partial charge is 0.408 e. The SMILES string of the molecule is Cc1nn(CC(F)(F)F)c(C)c1[C@H](C)N[C@H]1C[C@@H](C)N(C2CC2)C1. The number of rotatable bonds is 5. The van der Waals surface area contributed by atoms with Crippen molar-refractivity contribution in [2.24, 2.45) is 0 Å². The number of nitrogens with one attached hydrogen (secondary N) is 1. The van der Waals surface area contributed by atoms with Crippen LogP contribution in [-0.2, 0) is 6.54 Å². The number of alkyl halides is 3. The highest BCUT2D eigenvalue weighted by atomic mass is 19.4. The maximum absolute atomic E-state index is 12.7. The highest BCUT2D eigenvalue weighted by molar-refractivity contribution is 5.28. The van der Waals surface area contributed by atoms with Gasteiger partial charge in [0, 0.05) is 42.0 Å². The van der Waals surface area contributed by atoms with Crippen LogP contribution in [0.3, 0.4) is 0 Å². The molecule has 1 aromatic rings. The minimum absolute atomic E-state index is 0.00309. The van der Waals surface area contributed by atoms with Gasteiger partial charge in [-0.3, -0.25) is 9.58 Å². The molecule has 1 aliphatic heterocycles. The Morgan fingerprint density at radius 1 is 1.29 bits per heavy atom. The highest BCUT2D eigenvalue weighted by Gasteiger charge is 2.39. The molecule has 4 nitrogen and oxygen atoms in total. The van der Waals surface area contributed by atoms with Gasteiger partial charge in [-0.1, -0.05) is 0 Å². The predicted octanol–water partition coefficient (Wildman–Crippen LogP) is 3.34. The van der Waals surface area contributed by atoms with Crippen LogP contribution in [0.5, 0.6) is 0 Å². The van der Waals surface area contributed by atoms with Crippen molar-refractivity contribution < 1.29 is 13.2 Å². The van der Waals surface area contributed by atoms with Crippen molar-refractivity contribution in [3.8, 4) is 0 Å². The van der Waals surface area contributed by atoms with E-state index in [0.29, 0.717) is 23.5 Å². The van der Waals surface area contributed by atoms with E-state index in [2.05, 4.69) is 22.2 Å². The van der Waals surface area contributed by atoms with Gasteiger partial charge in [-0.2, -0.15) is 18.3 Å². The summed E-state index contributed by atoms with van der Waals surface area (Å²) in [4.78, 5) is 2.57. The summed E-state index contributed by atoms with van der Waals surface area (Å²) >= 11 is 0. The average molecular weight is 344 g/mol. The fourth-order valence-electron chi connectivity index (χ4n) is 4.19. The summed E-state index contributed by atoms with van der Waals surface area (Å²) in [6.07, 6.45) is -0.553. The number of hydrogen-bond acceptors (Lipinski definition) is 3. The molecule has 7 heteroatoms. The van der Waals surface area contributed by atoms with Gasteiger partial charge in [-0.15, -0.1) is 0 Å². The Bertz CT molecular complexity index is 591. The van der Waals surface area contributed by atoms with E-state index in [-0.39, 0.29) is 6.04 Å². The van der Waals surface area contributed by atoms with E-state index in [9.17, 15) is 13.2 Å². The van der Waals surface area contributed by atoms with Crippen LogP contribution in [0.25, 0.3) is 0 Å². The lowest BCUT2D eigenvalue weighted by atomic mass is 10.0. The first-order valence-electron chi connectivity index (χ1n) is 8.78. The van der Waals surface area contributed by atoms with Gasteiger partial charge < -0.3 is 5.32 Å². The van der Waals surface area contributed by atoms with Gasteiger partial charge >= 0.3 is 6.18 Å². The van der Waals surface area contributed by atoms with E-state index in [4.69, 9.17) is 0 Å². The van der Waals surface area contributed by atoms with Gasteiger partial charge in [-0.25, -0.2) is 0 Å². The summed E-state index contributed by atoms with van der Waals surface area (Å²) in [6, 6.07) is 1.72. The molecular weight excluding hydrogens is 317 g/mol. The Morgan fingerprint density at radius 3 is 2.54 bits per heavy atom. The Labute approximate surface area is 141 Å². The molecular formula is C17H27F3N4. The summed E-state index contributed by atoms with van der Waals surface area (Å²) in [5.41, 5.74) is 2.19. The summed E-state index contributed by atoms with van der Waals surface area (Å²) in [5.74, 6) is 0. The molecule has 0 aromatic carbocycles. The second-order valence-corrected chi connectivity index (χ2v) is 7.46. The standard InChI is InChI=1S/C17H27F3N4/c1-10-7-14(8-23(10)15-5-6-15)21-11(2)16-12(3)22-24(13(16)4)9-17(18,19)20/h10-11,14-15,21H,5-9H2,1-4H3/t10-,11+,14+/m1/s1. The van der Waals surface area contributed by atoms with Crippen LogP contribution in [-0.4, -0.2) is 45.5 Å². The zero-order valence-corrected chi connectivity index (χ0v) is 14.8. The third-order valence-corrected chi connectivity index (χ3v) is 5.32. The van der Waals surface area contributed by atoms with Crippen molar-refractivity contribution in [2.75, 3.05) is 6.54 Å². The van der Waals surface area contributed by atoms with Crippen LogP contribution in [0.2, 0.25) is 0 Å². The summed E-state index contributed by atoms with van der Waals surface area (Å²) in [5, 5.41) is 7.73. The molecule has 2 heterocycles. The monoisotopic (exact) mass is 344 g/mol. The average Bonchev–Trinajstić information content (AvgIpc) is 3.15. The van der Waals surface area contributed by atoms with Crippen LogP contribution >= 0.6 is 0 Å². The Kier molecular flexibility index (Phi) is 4.68. The van der Waals surface area contributed by atoms with E-state index >= 15 is 0 Å². The third kappa shape index (κ3) is 3.77. The molecule has 0 bridgehead atoms. The van der Waals surface area contributed by atoms with Crippen molar-refractivity contribution in [3.63, 3.8) is 0 Å². The molecule has 0 spiro atoms. The number of likely N-dealkylation sites (tertiary alicyclic amines) is 1. The molecule has 1 N–H and O–H groups in total. The van der Waals surface area contributed by atoms with Crippen LogP contribution in [0.1, 0.15) is 56.1 Å². The van der Waals surface area contributed by atoms with Crippen molar-refractivity contribution in [3.05, 3.63) is 17.0 Å². The predicted molar refractivity (Wildman–Crippen MR) is 86.9 cm³/mol. The number of halogens is 3. The second kappa shape index (κ2) is 6.33. The van der Waals surface area contributed by atoms with E-state index in [0.717, 1.165) is 29.3 Å². The highest BCUT2D eigenvalue weighted by Crippen LogP contribution is 2.34. The molecule has 3 atom stereocenters. The van der Waals surface area contributed by atoms with Gasteiger partial charge in [-0.05, 0) is 47.0 Å². The van der Waals surface area contributed by atoms with Crippen LogP contribution in [0.4, 0.5) is 13.2 Å². The van der Waals surface area contributed by atoms with Crippen molar-refractivity contribution in [2.45, 2.75) is 83.8 Å². The van der Waals surface area contributed by atoms with E-state index in [1.165, 1.54) is 12.8 Å². The number of aryl methyl sites for hydroxylation is 1. The fourth-order valence-corrected chi connectivity index (χ4v) is 4.19. The van der Waals surface area contributed by atoms with E-state index in [1.807, 2.05) is 6.92 Å². The first-order chi connectivity index (χ1) is 11.2. The topological polar surface area (TPSA) is 33.1 Å². The molecule has 1 aliphatic carbocycles. The minimum atomic E-state index is -4.25. The van der Waals surface area contributed by atoms with Gasteiger partial charge in [0.15, 0.2) is 0 Å². The maximum atomic E-state index is 12.7. The second-order valence-electron chi connectivity index (χ2n) is 7.46. The Balaban J connectivity index is 1.68. The number of aromatic nitrogens is 2. The summed E-state index contributed by atoms with van der Waals surface area (Å²) in [7, 11) is 0. The van der Waals surface area contributed by atoms with Gasteiger partial charge in [0.25, 0.3) is 0 Å². The molecule has 136 valence electrons. The molecule has 1 saturated heterocycles. The third-order valence-electron chi connectivity index (χ3n) is 5.32. The molecule has 1 aromatic heterocycles. The van der Waals surface area contributed by atoms with Crippen molar-refractivity contribution >= 4 is 0 Å². The zero-order valence-electron chi connectivity index (χ0n) is 14.8. The molecule has 24 heavy (non-hydrogen) atoms. The Hall–Kier alpha value is -1.08. The first-order valence-corrected chi connectivity index (χ1v) is 8.78. The molecule has 0 amide bonds. The molecule has 3 rings (SSSR count). The molecule has 2 aliphatic rings. The summed E-state index contributed by atoms with van der Waals surface area (Å²) < 4.78 is 39.1. The quantitative estimate of drug-likeness (QED) is 0.889. The molecule has 2 fully saturated rings. The van der Waals surface area contributed by atoms with Crippen LogP contribution in [0, 0.1) is 13.8 Å². The number of nitrogens with zero attached hydrogens (tertiary/aromatic N) is 3. The maximum Gasteiger partial charge on any atom is 0.408 e. The van der Waals surface area contributed by atoms with E-state index in [1.54, 1.807) is 13.8 Å². The smallest absolute Gasteiger partial charge is 0.306 e. The fraction of sp³-hybridized carbons (Fsp3) is 0.824. The van der Waals surface area contributed by atoms with Crippen molar-refractivity contribution in [1.29, 1.82) is 0 Å². The Morgan fingerprint density at radius 2 is 1.96 bits per heavy atom. The molecule has 0 radical (unpaired) electrons. The zero-order chi connectivity index (χ0) is 17.6. The van der Waals surface area contributed by atoms with Gasteiger partial charge in [0.05, 0.1) is 5.69 Å². The molecule has 1 saturated carbocycles. The lowest BCUT2D eigenvalue weighted by Gasteiger charge is -2.21. The summed E-state index contributed by atoms with van der Waals surface area (Å²) in [6.45, 7) is 7.82. The number of hydrogen-bond donors (Lipinski definition) is 1. The van der Waals surface area contributed by atoms with Gasteiger partial charge in [0.1, 0.15) is 6.54 Å². The van der Waals surface area contributed by atoms with Crippen LogP contribution < -0.4 is 5.32 Å². The van der Waals surface area contributed by atoms with Gasteiger partial charge in [0.2, 0.25) is 0 Å². The normalized spacial score (nSPS) is 27.0. The lowest BCUT2D eigenvalue weighted by molar-refractivity contribution is -0.142.